The second-order valence-electron chi connectivity index (χ2n) is 9.08. The fourth-order valence-electron chi connectivity index (χ4n) is 5.37. The van der Waals surface area contributed by atoms with Gasteiger partial charge in [0.2, 0.25) is 5.91 Å². The summed E-state index contributed by atoms with van der Waals surface area (Å²) in [6, 6.07) is 17.0. The van der Waals surface area contributed by atoms with E-state index in [9.17, 15) is 4.79 Å². The molecule has 1 saturated carbocycles. The van der Waals surface area contributed by atoms with Gasteiger partial charge in [0.1, 0.15) is 5.75 Å². The molecule has 5 heteroatoms. The minimum absolute atomic E-state index is 0.0683. The lowest BCUT2D eigenvalue weighted by molar-refractivity contribution is -0.137. The molecular weight excluding hydrogens is 400 g/mol. The minimum Gasteiger partial charge on any atom is -0.496 e. The van der Waals surface area contributed by atoms with Crippen molar-refractivity contribution < 1.29 is 14.3 Å². The number of nitrogens with zero attached hydrogens (tertiary/aromatic N) is 1. The molecule has 1 amide bonds. The lowest BCUT2D eigenvalue weighted by Gasteiger charge is -2.33. The van der Waals surface area contributed by atoms with Gasteiger partial charge in [-0.25, -0.2) is 0 Å². The van der Waals surface area contributed by atoms with E-state index in [-0.39, 0.29) is 18.0 Å². The third kappa shape index (κ3) is 5.16. The maximum atomic E-state index is 13.5. The van der Waals surface area contributed by atoms with E-state index in [0.29, 0.717) is 19.1 Å². The number of hydrogen-bond donors (Lipinski definition) is 1. The number of hydrogen-bond acceptors (Lipinski definition) is 4. The average Bonchev–Trinajstić information content (AvgIpc) is 3.27. The number of methoxy groups -OCH3 is 2. The molecule has 1 heterocycles. The van der Waals surface area contributed by atoms with Gasteiger partial charge in [-0.2, -0.15) is 0 Å². The predicted molar refractivity (Wildman–Crippen MR) is 126 cm³/mol. The Morgan fingerprint density at radius 1 is 1.03 bits per heavy atom. The zero-order valence-electron chi connectivity index (χ0n) is 19.4. The smallest absolute Gasteiger partial charge is 0.226 e. The quantitative estimate of drug-likeness (QED) is 0.642. The first kappa shape index (κ1) is 22.8. The van der Waals surface area contributed by atoms with Gasteiger partial charge in [0.15, 0.2) is 0 Å². The molecule has 0 spiro atoms. The maximum absolute atomic E-state index is 13.5. The van der Waals surface area contributed by atoms with Crippen LogP contribution in [0, 0.1) is 5.92 Å². The van der Waals surface area contributed by atoms with Gasteiger partial charge in [-0.1, -0.05) is 55.7 Å². The van der Waals surface area contributed by atoms with Gasteiger partial charge >= 0.3 is 0 Å². The number of amides is 1. The molecule has 1 saturated heterocycles. The van der Waals surface area contributed by atoms with Crippen molar-refractivity contribution in [2.75, 3.05) is 20.8 Å². The first-order valence-electron chi connectivity index (χ1n) is 11.9. The molecule has 1 N–H and O–H groups in total. The number of ether oxygens (including phenoxy) is 2. The molecule has 1 aliphatic heterocycles. The molecule has 2 atom stereocenters. The van der Waals surface area contributed by atoms with Gasteiger partial charge in [0.05, 0.1) is 19.8 Å². The lowest BCUT2D eigenvalue weighted by atomic mass is 9.87. The normalized spacial score (nSPS) is 21.6. The zero-order valence-corrected chi connectivity index (χ0v) is 19.4. The van der Waals surface area contributed by atoms with Crippen LogP contribution in [-0.2, 0) is 22.7 Å². The Morgan fingerprint density at radius 3 is 2.53 bits per heavy atom. The van der Waals surface area contributed by atoms with Crippen molar-refractivity contribution in [2.24, 2.45) is 5.92 Å². The average molecular weight is 437 g/mol. The van der Waals surface area contributed by atoms with Gasteiger partial charge in [0, 0.05) is 37.7 Å². The first-order valence-corrected chi connectivity index (χ1v) is 11.9. The SMILES string of the molecule is COCc1ccc(OC)c(CNC2CCN(C(=O)C3CCCCC3)C2c2ccccc2)c1. The maximum Gasteiger partial charge on any atom is 0.226 e. The summed E-state index contributed by atoms with van der Waals surface area (Å²) in [5.74, 6) is 1.42. The summed E-state index contributed by atoms with van der Waals surface area (Å²) in [6.45, 7) is 2.09. The van der Waals surface area contributed by atoms with E-state index >= 15 is 0 Å². The van der Waals surface area contributed by atoms with Crippen LogP contribution in [0.2, 0.25) is 0 Å². The molecule has 32 heavy (non-hydrogen) atoms. The molecule has 1 aliphatic carbocycles. The Hall–Kier alpha value is -2.37. The van der Waals surface area contributed by atoms with E-state index in [4.69, 9.17) is 9.47 Å². The van der Waals surface area contributed by atoms with Crippen molar-refractivity contribution in [3.63, 3.8) is 0 Å². The number of rotatable bonds is 8. The molecule has 2 aromatic carbocycles. The van der Waals surface area contributed by atoms with Gasteiger partial charge in [-0.3, -0.25) is 4.79 Å². The summed E-state index contributed by atoms with van der Waals surface area (Å²) in [6.07, 6.45) is 6.66. The third-order valence-corrected chi connectivity index (χ3v) is 6.99. The molecule has 2 fully saturated rings. The number of benzene rings is 2. The van der Waals surface area contributed by atoms with Crippen LogP contribution in [0.4, 0.5) is 0 Å². The van der Waals surface area contributed by atoms with Crippen molar-refractivity contribution in [1.82, 2.24) is 10.2 Å². The fraction of sp³-hybridized carbons (Fsp3) is 0.519. The first-order chi connectivity index (χ1) is 15.7. The largest absolute Gasteiger partial charge is 0.496 e. The van der Waals surface area contributed by atoms with Crippen molar-refractivity contribution in [3.8, 4) is 5.75 Å². The molecule has 2 unspecified atom stereocenters. The van der Waals surface area contributed by atoms with Crippen LogP contribution in [0.3, 0.4) is 0 Å². The topological polar surface area (TPSA) is 50.8 Å². The predicted octanol–water partition coefficient (Wildman–Crippen LogP) is 4.85. The highest BCUT2D eigenvalue weighted by Gasteiger charge is 2.40. The Labute approximate surface area is 192 Å². The summed E-state index contributed by atoms with van der Waals surface area (Å²) in [7, 11) is 3.42. The van der Waals surface area contributed by atoms with Crippen LogP contribution in [0.25, 0.3) is 0 Å². The molecule has 0 aromatic heterocycles. The third-order valence-electron chi connectivity index (χ3n) is 6.99. The van der Waals surface area contributed by atoms with Crippen LogP contribution < -0.4 is 10.1 Å². The molecule has 5 nitrogen and oxygen atoms in total. The van der Waals surface area contributed by atoms with Crippen molar-refractivity contribution in [2.45, 2.75) is 63.8 Å². The monoisotopic (exact) mass is 436 g/mol. The second-order valence-corrected chi connectivity index (χ2v) is 9.08. The number of carbonyl (C=O) groups excluding carboxylic acids is 1. The van der Waals surface area contributed by atoms with E-state index < -0.39 is 0 Å². The summed E-state index contributed by atoms with van der Waals surface area (Å²) >= 11 is 0. The number of nitrogens with one attached hydrogen (secondary N) is 1. The van der Waals surface area contributed by atoms with E-state index in [1.165, 1.54) is 24.8 Å². The van der Waals surface area contributed by atoms with Crippen molar-refractivity contribution in [1.29, 1.82) is 0 Å². The Kier molecular flexibility index (Phi) is 7.82. The number of carbonyl (C=O) groups is 1. The highest BCUT2D eigenvalue weighted by Crippen LogP contribution is 2.36. The van der Waals surface area contributed by atoms with Gasteiger partial charge < -0.3 is 19.7 Å². The van der Waals surface area contributed by atoms with Crippen LogP contribution in [0.15, 0.2) is 48.5 Å². The van der Waals surface area contributed by atoms with Crippen LogP contribution in [0.5, 0.6) is 5.75 Å². The Balaban J connectivity index is 1.53. The Bertz CT molecular complexity index is 880. The van der Waals surface area contributed by atoms with Crippen LogP contribution in [0.1, 0.15) is 61.3 Å². The molecule has 0 bridgehead atoms. The molecule has 2 aliphatic rings. The minimum atomic E-state index is 0.0683. The highest BCUT2D eigenvalue weighted by molar-refractivity contribution is 5.80. The van der Waals surface area contributed by atoms with Crippen LogP contribution >= 0.6 is 0 Å². The van der Waals surface area contributed by atoms with E-state index in [1.807, 2.05) is 18.2 Å². The summed E-state index contributed by atoms with van der Waals surface area (Å²) in [5.41, 5.74) is 3.46. The van der Waals surface area contributed by atoms with Crippen molar-refractivity contribution >= 4 is 5.91 Å². The Morgan fingerprint density at radius 2 is 1.81 bits per heavy atom. The summed E-state index contributed by atoms with van der Waals surface area (Å²) < 4.78 is 10.9. The summed E-state index contributed by atoms with van der Waals surface area (Å²) in [5, 5.41) is 3.76. The molecular formula is C27H36N2O3. The van der Waals surface area contributed by atoms with Crippen LogP contribution in [-0.4, -0.2) is 37.6 Å². The molecule has 172 valence electrons. The van der Waals surface area contributed by atoms with Gasteiger partial charge in [-0.05, 0) is 42.5 Å². The van der Waals surface area contributed by atoms with Gasteiger partial charge in [-0.15, -0.1) is 0 Å². The lowest BCUT2D eigenvalue weighted by Crippen LogP contribution is -2.41. The van der Waals surface area contributed by atoms with E-state index in [1.54, 1.807) is 14.2 Å². The fourth-order valence-corrected chi connectivity index (χ4v) is 5.37. The second kappa shape index (κ2) is 11.0. The van der Waals surface area contributed by atoms with E-state index in [2.05, 4.69) is 40.5 Å². The zero-order chi connectivity index (χ0) is 22.3. The standard InChI is InChI=1S/C27H36N2O3/c1-31-19-20-13-14-25(32-2)23(17-20)18-28-24-15-16-29(26(24)21-9-5-3-6-10-21)27(30)22-11-7-4-8-12-22/h3,5-6,9-10,13-14,17,22,24,26,28H,4,7-8,11-12,15-16,18-19H2,1-2H3. The summed E-state index contributed by atoms with van der Waals surface area (Å²) in [4.78, 5) is 15.6. The molecule has 2 aromatic rings. The number of likely N-dealkylation sites (tertiary alicyclic amines) is 1. The van der Waals surface area contributed by atoms with Gasteiger partial charge in [0.25, 0.3) is 0 Å². The molecule has 0 radical (unpaired) electrons. The molecule has 4 rings (SSSR count). The van der Waals surface area contributed by atoms with Crippen molar-refractivity contribution in [3.05, 3.63) is 65.2 Å². The highest BCUT2D eigenvalue weighted by atomic mass is 16.5. The van der Waals surface area contributed by atoms with E-state index in [0.717, 1.165) is 42.7 Å².